The van der Waals surface area contributed by atoms with Gasteiger partial charge in [-0.15, -0.1) is 0 Å². The van der Waals surface area contributed by atoms with E-state index in [1.54, 1.807) is 0 Å². The van der Waals surface area contributed by atoms with E-state index in [9.17, 15) is 4.79 Å². The van der Waals surface area contributed by atoms with Crippen LogP contribution < -0.4 is 30.1 Å². The Kier molecular flexibility index (Phi) is 12.4. The molecule has 1 atom stereocenters. The third-order valence-electron chi connectivity index (χ3n) is 10.8. The third kappa shape index (κ3) is 9.05. The van der Waals surface area contributed by atoms with E-state index in [-0.39, 0.29) is 18.0 Å². The van der Waals surface area contributed by atoms with Crippen LogP contribution in [0.3, 0.4) is 0 Å². The van der Waals surface area contributed by atoms with E-state index in [0.29, 0.717) is 30.3 Å². The molecule has 292 valence electrons. The van der Waals surface area contributed by atoms with E-state index in [0.717, 1.165) is 33.6 Å². The van der Waals surface area contributed by atoms with E-state index >= 15 is 0 Å². The third-order valence-corrected chi connectivity index (χ3v) is 16.1. The summed E-state index contributed by atoms with van der Waals surface area (Å²) in [7, 11) is -3.05. The molecular weight excluding hydrogens is 744 g/mol. The number of ketones is 1. The van der Waals surface area contributed by atoms with Gasteiger partial charge in [0, 0.05) is 0 Å². The molecule has 0 aromatic heterocycles. The Morgan fingerprint density at radius 2 is 0.898 bits per heavy atom. The predicted molar refractivity (Wildman–Crippen MR) is 244 cm³/mol. The Balaban J connectivity index is 1.20. The Morgan fingerprint density at radius 1 is 0.475 bits per heavy atom. The molecule has 0 fully saturated rings. The molecule has 8 rings (SSSR count). The number of carbonyl (C=O) groups is 1. The number of ether oxygens (including phenoxy) is 3. The summed E-state index contributed by atoms with van der Waals surface area (Å²) in [6.45, 7) is 2.89. The van der Waals surface area contributed by atoms with Gasteiger partial charge < -0.3 is 0 Å². The van der Waals surface area contributed by atoms with Crippen LogP contribution in [0.25, 0.3) is 0 Å². The Hall–Kier alpha value is -6.74. The van der Waals surface area contributed by atoms with Gasteiger partial charge in [0.05, 0.1) is 0 Å². The fourth-order valence-corrected chi connectivity index (χ4v) is 13.5. The standard InChI is InChI=1S/C54H47O4P/c1-41-27-36-51(53(37-41)58-40-52(55)44-28-32-46(33-29-44)56-38-42-17-7-2-8-18-42)54(45-30-34-47(35-31-45)57-39-43-19-9-3-10-20-43)59(48-21-11-4-12-22-48,49-23-13-5-14-24-49)50-25-15-6-16-26-50/h2-37,54,59H,38-40H2,1H3. The van der Waals surface area contributed by atoms with Gasteiger partial charge in [0.25, 0.3) is 0 Å². The van der Waals surface area contributed by atoms with Crippen LogP contribution in [0, 0.1) is 6.92 Å². The maximum atomic E-state index is 13.8. The summed E-state index contributed by atoms with van der Waals surface area (Å²) in [6.07, 6.45) is 0. The topological polar surface area (TPSA) is 44.8 Å². The van der Waals surface area contributed by atoms with Gasteiger partial charge in [-0.1, -0.05) is 30.3 Å². The fraction of sp³-hybridized carbons (Fsp3) is 0.0926. The molecule has 0 aliphatic rings. The summed E-state index contributed by atoms with van der Waals surface area (Å²) in [5.41, 5.74) is 5.78. The van der Waals surface area contributed by atoms with Crippen molar-refractivity contribution in [1.29, 1.82) is 0 Å². The van der Waals surface area contributed by atoms with Crippen molar-refractivity contribution in [1.82, 2.24) is 0 Å². The van der Waals surface area contributed by atoms with Crippen LogP contribution in [0.15, 0.2) is 218 Å². The van der Waals surface area contributed by atoms with Crippen molar-refractivity contribution in [2.24, 2.45) is 0 Å². The molecule has 8 aromatic carbocycles. The quantitative estimate of drug-likeness (QED) is 0.0722. The molecule has 0 amide bonds. The van der Waals surface area contributed by atoms with Crippen LogP contribution >= 0.6 is 7.26 Å². The number of hydrogen-bond acceptors (Lipinski definition) is 4. The van der Waals surface area contributed by atoms with Gasteiger partial charge in [0.2, 0.25) is 0 Å². The normalized spacial score (nSPS) is 11.9. The minimum atomic E-state index is -3.05. The fourth-order valence-electron chi connectivity index (χ4n) is 7.97. The van der Waals surface area contributed by atoms with Gasteiger partial charge >= 0.3 is 313 Å². The van der Waals surface area contributed by atoms with Crippen molar-refractivity contribution >= 4 is 29.0 Å². The van der Waals surface area contributed by atoms with Crippen molar-refractivity contribution < 1.29 is 19.0 Å². The zero-order chi connectivity index (χ0) is 40.3. The molecular formula is C54H47O4P. The Morgan fingerprint density at radius 3 is 1.36 bits per heavy atom. The number of hydrogen-bond donors (Lipinski definition) is 0. The first-order valence-corrected chi connectivity index (χ1v) is 22.1. The molecule has 59 heavy (non-hydrogen) atoms. The zero-order valence-corrected chi connectivity index (χ0v) is 34.1. The van der Waals surface area contributed by atoms with Crippen LogP contribution in [0.5, 0.6) is 17.2 Å². The van der Waals surface area contributed by atoms with Crippen molar-refractivity contribution in [3.8, 4) is 17.2 Å². The number of rotatable bonds is 16. The molecule has 0 aliphatic heterocycles. The first kappa shape index (κ1) is 39.1. The molecule has 5 heteroatoms. The second-order valence-electron chi connectivity index (χ2n) is 14.7. The predicted octanol–water partition coefficient (Wildman–Crippen LogP) is 11.2. The molecule has 1 unspecified atom stereocenters. The summed E-state index contributed by atoms with van der Waals surface area (Å²) in [5.74, 6) is 2.08. The maximum absolute atomic E-state index is 13.8. The van der Waals surface area contributed by atoms with Gasteiger partial charge in [0.15, 0.2) is 0 Å². The van der Waals surface area contributed by atoms with Gasteiger partial charge in [-0.3, -0.25) is 0 Å². The summed E-state index contributed by atoms with van der Waals surface area (Å²) >= 11 is 0. The number of carbonyl (C=O) groups excluding carboxylic acids is 1. The second-order valence-corrected chi connectivity index (χ2v) is 18.7. The van der Waals surface area contributed by atoms with Gasteiger partial charge in [-0.2, -0.15) is 0 Å². The van der Waals surface area contributed by atoms with Gasteiger partial charge in [-0.25, -0.2) is 0 Å². The summed E-state index contributed by atoms with van der Waals surface area (Å²) in [5, 5.41) is 3.80. The average Bonchev–Trinajstić information content (AvgIpc) is 3.31. The molecule has 8 aromatic rings. The molecule has 4 nitrogen and oxygen atoms in total. The second kappa shape index (κ2) is 18.7. The SMILES string of the molecule is Cc1ccc(C(c2ccc(OCc3ccccc3)cc2)[PH](c2ccccc2)(c2ccccc2)c2ccccc2)c(OCC(=O)c2ccc(OCc3ccccc3)cc2)c1. The Bertz CT molecular complexity index is 2450. The van der Waals surface area contributed by atoms with Crippen LogP contribution in [0.1, 0.15) is 43.8 Å². The van der Waals surface area contributed by atoms with Crippen LogP contribution in [0.2, 0.25) is 0 Å². The first-order chi connectivity index (χ1) is 29.1. The zero-order valence-electron chi connectivity index (χ0n) is 33.1. The molecule has 0 bridgehead atoms. The van der Waals surface area contributed by atoms with Crippen LogP contribution in [-0.4, -0.2) is 12.4 Å². The molecule has 0 N–H and O–H groups in total. The first-order valence-electron chi connectivity index (χ1n) is 20.0. The molecule has 0 spiro atoms. The molecule has 0 saturated heterocycles. The van der Waals surface area contributed by atoms with Gasteiger partial charge in [0.1, 0.15) is 0 Å². The molecule has 0 aliphatic carbocycles. The number of Topliss-reactive ketones (excluding diaryl/α,β-unsaturated/α-hetero) is 1. The van der Waals surface area contributed by atoms with Crippen molar-refractivity contribution in [3.05, 3.63) is 252 Å². The van der Waals surface area contributed by atoms with Crippen molar-refractivity contribution in [2.45, 2.75) is 25.8 Å². The number of benzene rings is 8. The average molecular weight is 791 g/mol. The molecule has 0 heterocycles. The summed E-state index contributed by atoms with van der Waals surface area (Å²) in [4.78, 5) is 13.8. The van der Waals surface area contributed by atoms with Crippen molar-refractivity contribution in [2.75, 3.05) is 6.61 Å². The van der Waals surface area contributed by atoms with E-state index in [4.69, 9.17) is 14.2 Å². The van der Waals surface area contributed by atoms with Gasteiger partial charge in [-0.05, 0) is 5.56 Å². The number of aryl methyl sites for hydroxylation is 1. The Labute approximate surface area is 348 Å². The summed E-state index contributed by atoms with van der Waals surface area (Å²) in [6, 6.07) is 75.4. The summed E-state index contributed by atoms with van der Waals surface area (Å²) < 4.78 is 19.0. The van der Waals surface area contributed by atoms with E-state index in [1.807, 2.05) is 72.8 Å². The molecule has 0 saturated carbocycles. The van der Waals surface area contributed by atoms with Crippen LogP contribution in [-0.2, 0) is 13.2 Å². The van der Waals surface area contributed by atoms with Crippen molar-refractivity contribution in [3.63, 3.8) is 0 Å². The van der Waals surface area contributed by atoms with E-state index in [1.165, 1.54) is 15.9 Å². The van der Waals surface area contributed by atoms with Crippen LogP contribution in [0.4, 0.5) is 0 Å². The van der Waals surface area contributed by atoms with E-state index < -0.39 is 7.26 Å². The van der Waals surface area contributed by atoms with E-state index in [2.05, 4.69) is 153 Å². The monoisotopic (exact) mass is 790 g/mol. The molecule has 0 radical (unpaired) electrons. The minimum absolute atomic E-state index is 0.110.